The number of halogens is 1. The topological polar surface area (TPSA) is 0 Å². The molecule has 0 nitrogen and oxygen atoms in total. The summed E-state index contributed by atoms with van der Waals surface area (Å²) >= 11 is 6.23. The molecular formula is C12H19Cl. The molecule has 3 aliphatic rings. The van der Waals surface area contributed by atoms with Crippen LogP contribution in [-0.2, 0) is 0 Å². The SMILES string of the molecule is ClCC1(C2CCCC2)CC2CC2C1. The van der Waals surface area contributed by atoms with Gasteiger partial charge in [0.1, 0.15) is 0 Å². The normalized spacial score (nSPS) is 49.6. The van der Waals surface area contributed by atoms with Crippen molar-refractivity contribution in [3.05, 3.63) is 0 Å². The van der Waals surface area contributed by atoms with Crippen molar-refractivity contribution >= 4 is 11.6 Å². The first-order valence-electron chi connectivity index (χ1n) is 5.90. The van der Waals surface area contributed by atoms with Gasteiger partial charge in [-0.05, 0) is 55.3 Å². The van der Waals surface area contributed by atoms with E-state index in [0.717, 1.165) is 23.6 Å². The standard InChI is InChI=1S/C12H19Cl/c13-8-12(11-3-1-2-4-11)6-9-5-10(9)7-12/h9-11H,1-8H2. The predicted molar refractivity (Wildman–Crippen MR) is 55.9 cm³/mol. The van der Waals surface area contributed by atoms with Crippen LogP contribution in [0.1, 0.15) is 44.9 Å². The van der Waals surface area contributed by atoms with Gasteiger partial charge in [-0.1, -0.05) is 12.8 Å². The lowest BCUT2D eigenvalue weighted by Gasteiger charge is -2.35. The van der Waals surface area contributed by atoms with Crippen LogP contribution in [0.2, 0.25) is 0 Å². The van der Waals surface area contributed by atoms with Gasteiger partial charge in [0.15, 0.2) is 0 Å². The number of fused-ring (bicyclic) bond motifs is 1. The van der Waals surface area contributed by atoms with Crippen molar-refractivity contribution in [1.29, 1.82) is 0 Å². The van der Waals surface area contributed by atoms with E-state index in [1.165, 1.54) is 44.9 Å². The highest BCUT2D eigenvalue weighted by Gasteiger charge is 2.56. The van der Waals surface area contributed by atoms with Crippen molar-refractivity contribution in [3.63, 3.8) is 0 Å². The zero-order valence-electron chi connectivity index (χ0n) is 8.27. The second-order valence-corrected chi connectivity index (χ2v) is 5.91. The summed E-state index contributed by atoms with van der Waals surface area (Å²) in [5.74, 6) is 4.14. The van der Waals surface area contributed by atoms with Crippen LogP contribution in [0.4, 0.5) is 0 Å². The molecule has 3 rings (SSSR count). The molecule has 13 heavy (non-hydrogen) atoms. The van der Waals surface area contributed by atoms with Crippen molar-refractivity contribution in [2.75, 3.05) is 5.88 Å². The van der Waals surface area contributed by atoms with Gasteiger partial charge < -0.3 is 0 Å². The molecule has 1 heteroatoms. The Bertz CT molecular complexity index is 195. The zero-order chi connectivity index (χ0) is 8.89. The first-order chi connectivity index (χ1) is 6.34. The van der Waals surface area contributed by atoms with E-state index in [1.807, 2.05) is 0 Å². The molecule has 0 aliphatic heterocycles. The Morgan fingerprint density at radius 3 is 2.23 bits per heavy atom. The van der Waals surface area contributed by atoms with Gasteiger partial charge in [-0.3, -0.25) is 0 Å². The second kappa shape index (κ2) is 2.89. The van der Waals surface area contributed by atoms with Crippen molar-refractivity contribution in [2.45, 2.75) is 44.9 Å². The van der Waals surface area contributed by atoms with Crippen LogP contribution in [0.3, 0.4) is 0 Å². The van der Waals surface area contributed by atoms with E-state index in [4.69, 9.17) is 11.6 Å². The second-order valence-electron chi connectivity index (χ2n) is 5.64. The van der Waals surface area contributed by atoms with E-state index >= 15 is 0 Å². The third-order valence-corrected chi connectivity index (χ3v) is 5.43. The average Bonchev–Trinajstić information content (AvgIpc) is 2.65. The number of rotatable bonds is 2. The van der Waals surface area contributed by atoms with Crippen LogP contribution >= 0.6 is 11.6 Å². The summed E-state index contributed by atoms with van der Waals surface area (Å²) in [6.45, 7) is 0. The molecule has 74 valence electrons. The van der Waals surface area contributed by atoms with Gasteiger partial charge in [0.05, 0.1) is 0 Å². The van der Waals surface area contributed by atoms with Crippen molar-refractivity contribution < 1.29 is 0 Å². The minimum atomic E-state index is 0.603. The Balaban J connectivity index is 1.76. The van der Waals surface area contributed by atoms with Gasteiger partial charge in [0.25, 0.3) is 0 Å². The zero-order valence-corrected chi connectivity index (χ0v) is 9.02. The lowest BCUT2D eigenvalue weighted by atomic mass is 9.72. The fourth-order valence-corrected chi connectivity index (χ4v) is 4.46. The fraction of sp³-hybridized carbons (Fsp3) is 1.00. The molecule has 0 aromatic heterocycles. The highest BCUT2D eigenvalue weighted by Crippen LogP contribution is 2.64. The smallest absolute Gasteiger partial charge is 0.0282 e. The first-order valence-corrected chi connectivity index (χ1v) is 6.43. The molecule has 0 N–H and O–H groups in total. The highest BCUT2D eigenvalue weighted by molar-refractivity contribution is 6.18. The molecule has 0 saturated heterocycles. The Labute approximate surface area is 86.0 Å². The van der Waals surface area contributed by atoms with E-state index in [1.54, 1.807) is 0 Å². The van der Waals surface area contributed by atoms with Crippen LogP contribution in [-0.4, -0.2) is 5.88 Å². The Morgan fingerprint density at radius 1 is 1.08 bits per heavy atom. The van der Waals surface area contributed by atoms with Gasteiger partial charge in [0, 0.05) is 5.88 Å². The largest absolute Gasteiger partial charge is 0.126 e. The summed E-state index contributed by atoms with van der Waals surface area (Å²) in [7, 11) is 0. The van der Waals surface area contributed by atoms with E-state index in [-0.39, 0.29) is 0 Å². The molecule has 0 spiro atoms. The van der Waals surface area contributed by atoms with Crippen molar-refractivity contribution in [1.82, 2.24) is 0 Å². The number of hydrogen-bond acceptors (Lipinski definition) is 0. The molecule has 0 aromatic carbocycles. The maximum absolute atomic E-state index is 6.23. The Morgan fingerprint density at radius 2 is 1.69 bits per heavy atom. The van der Waals surface area contributed by atoms with E-state index in [0.29, 0.717) is 5.41 Å². The van der Waals surface area contributed by atoms with E-state index < -0.39 is 0 Å². The molecule has 0 aromatic rings. The average molecular weight is 199 g/mol. The Hall–Kier alpha value is 0.290. The summed E-state index contributed by atoms with van der Waals surface area (Å²) in [4.78, 5) is 0. The molecule has 0 amide bonds. The van der Waals surface area contributed by atoms with Gasteiger partial charge >= 0.3 is 0 Å². The molecule has 3 saturated carbocycles. The van der Waals surface area contributed by atoms with E-state index in [9.17, 15) is 0 Å². The summed E-state index contributed by atoms with van der Waals surface area (Å²) in [5.41, 5.74) is 0.603. The molecule has 0 bridgehead atoms. The molecule has 3 aliphatic carbocycles. The highest BCUT2D eigenvalue weighted by atomic mass is 35.5. The monoisotopic (exact) mass is 198 g/mol. The van der Waals surface area contributed by atoms with Crippen LogP contribution < -0.4 is 0 Å². The number of hydrogen-bond donors (Lipinski definition) is 0. The van der Waals surface area contributed by atoms with Crippen LogP contribution in [0, 0.1) is 23.2 Å². The molecule has 0 heterocycles. The summed E-state index contributed by atoms with van der Waals surface area (Å²) in [5, 5.41) is 0. The van der Waals surface area contributed by atoms with Gasteiger partial charge in [-0.15, -0.1) is 11.6 Å². The fourth-order valence-electron chi connectivity index (χ4n) is 4.03. The van der Waals surface area contributed by atoms with Crippen LogP contribution in [0.15, 0.2) is 0 Å². The van der Waals surface area contributed by atoms with Crippen LogP contribution in [0.25, 0.3) is 0 Å². The van der Waals surface area contributed by atoms with Gasteiger partial charge in [-0.2, -0.15) is 0 Å². The maximum Gasteiger partial charge on any atom is 0.0282 e. The van der Waals surface area contributed by atoms with Gasteiger partial charge in [-0.25, -0.2) is 0 Å². The van der Waals surface area contributed by atoms with Crippen LogP contribution in [0.5, 0.6) is 0 Å². The lowest BCUT2D eigenvalue weighted by molar-refractivity contribution is 0.179. The predicted octanol–water partition coefficient (Wildman–Crippen LogP) is 3.83. The summed E-state index contributed by atoms with van der Waals surface area (Å²) in [6.07, 6.45) is 10.4. The molecule has 3 fully saturated rings. The summed E-state index contributed by atoms with van der Waals surface area (Å²) in [6, 6.07) is 0. The molecule has 2 atom stereocenters. The molecule has 2 unspecified atom stereocenters. The minimum absolute atomic E-state index is 0.603. The summed E-state index contributed by atoms with van der Waals surface area (Å²) < 4.78 is 0. The van der Waals surface area contributed by atoms with E-state index in [2.05, 4.69) is 0 Å². The van der Waals surface area contributed by atoms with Gasteiger partial charge in [0.2, 0.25) is 0 Å². The number of alkyl halides is 1. The first kappa shape index (κ1) is 8.59. The molecular weight excluding hydrogens is 180 g/mol. The minimum Gasteiger partial charge on any atom is -0.126 e. The quantitative estimate of drug-likeness (QED) is 0.592. The maximum atomic E-state index is 6.23. The third kappa shape index (κ3) is 1.25. The lowest BCUT2D eigenvalue weighted by Crippen LogP contribution is -2.29. The van der Waals surface area contributed by atoms with Crippen molar-refractivity contribution in [2.24, 2.45) is 23.2 Å². The molecule has 0 radical (unpaired) electrons. The third-order valence-electron chi connectivity index (χ3n) is 4.89. The Kier molecular flexibility index (Phi) is 1.91. The van der Waals surface area contributed by atoms with Crippen molar-refractivity contribution in [3.8, 4) is 0 Å².